The molecule has 1 aromatic carbocycles. The third-order valence-corrected chi connectivity index (χ3v) is 3.59. The minimum absolute atomic E-state index is 0.119. The number of hydrogen-bond donors (Lipinski definition) is 2. The van der Waals surface area contributed by atoms with Crippen LogP contribution in [0.15, 0.2) is 24.3 Å². The van der Waals surface area contributed by atoms with Crippen molar-refractivity contribution in [2.24, 2.45) is 5.41 Å². The van der Waals surface area contributed by atoms with Crippen molar-refractivity contribution < 1.29 is 9.84 Å². The Bertz CT molecular complexity index is 384. The fourth-order valence-corrected chi connectivity index (χ4v) is 2.55. The van der Waals surface area contributed by atoms with Crippen LogP contribution in [0.1, 0.15) is 45.6 Å². The molecule has 0 saturated heterocycles. The Morgan fingerprint density at radius 1 is 1.20 bits per heavy atom. The van der Waals surface area contributed by atoms with E-state index in [0.717, 1.165) is 25.3 Å². The van der Waals surface area contributed by atoms with E-state index in [9.17, 15) is 5.11 Å². The van der Waals surface area contributed by atoms with Crippen LogP contribution >= 0.6 is 0 Å². The summed E-state index contributed by atoms with van der Waals surface area (Å²) in [6.45, 7) is 10.3. The summed E-state index contributed by atoms with van der Waals surface area (Å²) in [7, 11) is 1.68. The van der Waals surface area contributed by atoms with Crippen molar-refractivity contribution in [2.45, 2.75) is 46.1 Å². The second kappa shape index (κ2) is 7.65. The predicted octanol–water partition coefficient (Wildman–Crippen LogP) is 3.19. The molecule has 0 heterocycles. The van der Waals surface area contributed by atoms with Crippen molar-refractivity contribution in [1.29, 1.82) is 0 Å². The zero-order valence-electron chi connectivity index (χ0n) is 13.4. The Balaban J connectivity index is 2.40. The zero-order valence-corrected chi connectivity index (χ0v) is 13.4. The number of aliphatic hydroxyl groups is 1. The van der Waals surface area contributed by atoms with Gasteiger partial charge in [0.1, 0.15) is 5.75 Å². The third-order valence-electron chi connectivity index (χ3n) is 3.59. The molecule has 3 heteroatoms. The van der Waals surface area contributed by atoms with E-state index >= 15 is 0 Å². The number of ether oxygens (including phenoxy) is 1. The van der Waals surface area contributed by atoms with Gasteiger partial charge in [0, 0.05) is 13.1 Å². The minimum Gasteiger partial charge on any atom is -0.497 e. The Morgan fingerprint density at radius 3 is 2.30 bits per heavy atom. The SMILES string of the molecule is COc1ccc(C(C)CNCC(C)(C)CC(C)O)cc1. The lowest BCUT2D eigenvalue weighted by molar-refractivity contribution is 0.128. The summed E-state index contributed by atoms with van der Waals surface area (Å²) in [5.41, 5.74) is 1.43. The van der Waals surface area contributed by atoms with Crippen molar-refractivity contribution in [1.82, 2.24) is 5.32 Å². The molecule has 0 aliphatic carbocycles. The number of hydrogen-bond acceptors (Lipinski definition) is 3. The third kappa shape index (κ3) is 5.93. The topological polar surface area (TPSA) is 41.5 Å². The van der Waals surface area contributed by atoms with Crippen LogP contribution in [0.5, 0.6) is 5.75 Å². The van der Waals surface area contributed by atoms with Crippen LogP contribution in [0, 0.1) is 5.41 Å². The van der Waals surface area contributed by atoms with E-state index in [2.05, 4.69) is 38.2 Å². The maximum atomic E-state index is 9.48. The van der Waals surface area contributed by atoms with Gasteiger partial charge in [0.05, 0.1) is 13.2 Å². The summed E-state index contributed by atoms with van der Waals surface area (Å²) >= 11 is 0. The van der Waals surface area contributed by atoms with Gasteiger partial charge in [-0.3, -0.25) is 0 Å². The summed E-state index contributed by atoms with van der Waals surface area (Å²) in [6, 6.07) is 8.24. The van der Waals surface area contributed by atoms with Gasteiger partial charge in [0.25, 0.3) is 0 Å². The molecule has 1 aromatic rings. The first-order valence-electron chi connectivity index (χ1n) is 7.37. The first-order chi connectivity index (χ1) is 9.34. The van der Waals surface area contributed by atoms with Crippen LogP contribution in [-0.4, -0.2) is 31.4 Å². The van der Waals surface area contributed by atoms with Gasteiger partial charge in [-0.15, -0.1) is 0 Å². The first-order valence-corrected chi connectivity index (χ1v) is 7.37. The predicted molar refractivity (Wildman–Crippen MR) is 84.4 cm³/mol. The highest BCUT2D eigenvalue weighted by Crippen LogP contribution is 2.22. The van der Waals surface area contributed by atoms with Crippen LogP contribution < -0.4 is 10.1 Å². The molecule has 1 rings (SSSR count). The van der Waals surface area contributed by atoms with Gasteiger partial charge in [-0.1, -0.05) is 32.9 Å². The zero-order chi connectivity index (χ0) is 15.2. The molecule has 0 radical (unpaired) electrons. The van der Waals surface area contributed by atoms with Gasteiger partial charge in [-0.2, -0.15) is 0 Å². The van der Waals surface area contributed by atoms with Crippen LogP contribution in [0.25, 0.3) is 0 Å². The molecule has 0 saturated carbocycles. The summed E-state index contributed by atoms with van der Waals surface area (Å²) in [6.07, 6.45) is 0.572. The van der Waals surface area contributed by atoms with Gasteiger partial charge in [0.2, 0.25) is 0 Å². The van der Waals surface area contributed by atoms with Crippen molar-refractivity contribution in [3.8, 4) is 5.75 Å². The molecule has 114 valence electrons. The minimum atomic E-state index is -0.245. The Kier molecular flexibility index (Phi) is 6.50. The van der Waals surface area contributed by atoms with Gasteiger partial charge < -0.3 is 15.2 Å². The maximum absolute atomic E-state index is 9.48. The lowest BCUT2D eigenvalue weighted by atomic mass is 9.87. The maximum Gasteiger partial charge on any atom is 0.118 e. The van der Waals surface area contributed by atoms with E-state index < -0.39 is 0 Å². The van der Waals surface area contributed by atoms with Crippen molar-refractivity contribution in [3.63, 3.8) is 0 Å². The molecule has 0 aromatic heterocycles. The van der Waals surface area contributed by atoms with Crippen molar-refractivity contribution >= 4 is 0 Å². The molecule has 0 amide bonds. The molecule has 0 aliphatic heterocycles. The van der Waals surface area contributed by atoms with Gasteiger partial charge in [-0.25, -0.2) is 0 Å². The summed E-state index contributed by atoms with van der Waals surface area (Å²) in [5, 5.41) is 13.0. The second-order valence-corrected chi connectivity index (χ2v) is 6.52. The normalized spacial score (nSPS) is 14.9. The van der Waals surface area contributed by atoms with E-state index in [1.54, 1.807) is 7.11 Å². The lowest BCUT2D eigenvalue weighted by Gasteiger charge is -2.27. The molecule has 0 fully saturated rings. The molecule has 0 bridgehead atoms. The second-order valence-electron chi connectivity index (χ2n) is 6.52. The number of aliphatic hydroxyl groups excluding tert-OH is 1. The molecular formula is C17H29NO2. The number of benzene rings is 1. The molecule has 0 spiro atoms. The molecule has 2 atom stereocenters. The lowest BCUT2D eigenvalue weighted by Crippen LogP contribution is -2.33. The Labute approximate surface area is 123 Å². The monoisotopic (exact) mass is 279 g/mol. The smallest absolute Gasteiger partial charge is 0.118 e. The van der Waals surface area contributed by atoms with Crippen LogP contribution in [0.2, 0.25) is 0 Å². The molecular weight excluding hydrogens is 250 g/mol. The fourth-order valence-electron chi connectivity index (χ4n) is 2.55. The van der Waals surface area contributed by atoms with Crippen LogP contribution in [-0.2, 0) is 0 Å². The van der Waals surface area contributed by atoms with Gasteiger partial charge in [0.15, 0.2) is 0 Å². The molecule has 20 heavy (non-hydrogen) atoms. The average molecular weight is 279 g/mol. The Hall–Kier alpha value is -1.06. The highest BCUT2D eigenvalue weighted by atomic mass is 16.5. The molecule has 2 unspecified atom stereocenters. The van der Waals surface area contributed by atoms with Crippen molar-refractivity contribution in [2.75, 3.05) is 20.2 Å². The van der Waals surface area contributed by atoms with E-state index in [4.69, 9.17) is 4.74 Å². The highest BCUT2D eigenvalue weighted by molar-refractivity contribution is 5.29. The van der Waals surface area contributed by atoms with E-state index in [1.807, 2.05) is 19.1 Å². The molecule has 3 nitrogen and oxygen atoms in total. The van der Waals surface area contributed by atoms with Gasteiger partial charge >= 0.3 is 0 Å². The summed E-state index contributed by atoms with van der Waals surface area (Å²) in [4.78, 5) is 0. The number of methoxy groups -OCH3 is 1. The van der Waals surface area contributed by atoms with Crippen LogP contribution in [0.3, 0.4) is 0 Å². The molecule has 0 aliphatic rings. The van der Waals surface area contributed by atoms with E-state index in [0.29, 0.717) is 5.92 Å². The fraction of sp³-hybridized carbons (Fsp3) is 0.647. The quantitative estimate of drug-likeness (QED) is 0.768. The van der Waals surface area contributed by atoms with Crippen molar-refractivity contribution in [3.05, 3.63) is 29.8 Å². The average Bonchev–Trinajstić information content (AvgIpc) is 2.37. The first kappa shape index (κ1) is 17.0. The largest absolute Gasteiger partial charge is 0.497 e. The standard InChI is InChI=1S/C17H29NO2/c1-13(15-6-8-16(20-5)9-7-15)11-18-12-17(3,4)10-14(2)19/h6-9,13-14,18-19H,10-12H2,1-5H3. The number of rotatable bonds is 8. The molecule has 2 N–H and O–H groups in total. The summed E-state index contributed by atoms with van der Waals surface area (Å²) in [5.74, 6) is 1.36. The van der Waals surface area contributed by atoms with E-state index in [-0.39, 0.29) is 11.5 Å². The van der Waals surface area contributed by atoms with Crippen LogP contribution in [0.4, 0.5) is 0 Å². The van der Waals surface area contributed by atoms with Gasteiger partial charge in [-0.05, 0) is 42.4 Å². The highest BCUT2D eigenvalue weighted by Gasteiger charge is 2.20. The number of nitrogens with one attached hydrogen (secondary N) is 1. The Morgan fingerprint density at radius 2 is 1.80 bits per heavy atom. The van der Waals surface area contributed by atoms with E-state index in [1.165, 1.54) is 5.56 Å². The summed E-state index contributed by atoms with van der Waals surface area (Å²) < 4.78 is 5.17.